The number of nitrogens with zero attached hydrogens (tertiary/aromatic N) is 3. The number of nitrogens with two attached hydrogens (primary N) is 1. The third kappa shape index (κ3) is 3.97. The summed E-state index contributed by atoms with van der Waals surface area (Å²) in [4.78, 5) is 14.1. The Balaban J connectivity index is 1.70. The summed E-state index contributed by atoms with van der Waals surface area (Å²) >= 11 is 0. The number of aromatic nitrogens is 2. The van der Waals surface area contributed by atoms with Crippen LogP contribution in [0.3, 0.4) is 0 Å². The van der Waals surface area contributed by atoms with Gasteiger partial charge in [0.25, 0.3) is 0 Å². The molecule has 1 aromatic carbocycles. The second-order valence-corrected chi connectivity index (χ2v) is 6.99. The van der Waals surface area contributed by atoms with E-state index in [0.29, 0.717) is 12.5 Å². The fraction of sp³-hybridized carbons (Fsp3) is 0.500. The molecule has 2 N–H and O–H groups in total. The van der Waals surface area contributed by atoms with E-state index >= 15 is 0 Å². The summed E-state index contributed by atoms with van der Waals surface area (Å²) in [6.45, 7) is 8.97. The second kappa shape index (κ2) is 8.01. The summed E-state index contributed by atoms with van der Waals surface area (Å²) in [5.41, 5.74) is 10.9. The van der Waals surface area contributed by atoms with Crippen molar-refractivity contribution in [3.05, 3.63) is 52.8 Å². The molecule has 1 aliphatic rings. The minimum atomic E-state index is -0.253. The highest BCUT2D eigenvalue weighted by Crippen LogP contribution is 2.28. The zero-order valence-electron chi connectivity index (χ0n) is 15.8. The van der Waals surface area contributed by atoms with Gasteiger partial charge in [-0.05, 0) is 26.3 Å². The molecule has 0 radical (unpaired) electrons. The normalized spacial score (nSPS) is 20.5. The predicted molar refractivity (Wildman–Crippen MR) is 101 cm³/mol. The average Bonchev–Trinajstić information content (AvgIpc) is 3.11. The Kier molecular flexibility index (Phi) is 5.74. The quantitative estimate of drug-likeness (QED) is 0.802. The number of ether oxygens (including phenoxy) is 1. The van der Waals surface area contributed by atoms with Crippen molar-refractivity contribution in [2.45, 2.75) is 45.8 Å². The molecular formula is C20H28N4O2. The molecule has 0 unspecified atom stereocenters. The first kappa shape index (κ1) is 18.6. The fourth-order valence-electron chi connectivity index (χ4n) is 3.76. The van der Waals surface area contributed by atoms with Gasteiger partial charge in [0.1, 0.15) is 6.54 Å². The molecule has 0 bridgehead atoms. The minimum absolute atomic E-state index is 0.132. The van der Waals surface area contributed by atoms with Crippen molar-refractivity contribution in [2.24, 2.45) is 5.73 Å². The van der Waals surface area contributed by atoms with Crippen LogP contribution < -0.4 is 5.73 Å². The first-order valence-corrected chi connectivity index (χ1v) is 9.21. The third-order valence-electron chi connectivity index (χ3n) is 5.17. The molecule has 1 aromatic heterocycles. The number of esters is 1. The zero-order valence-corrected chi connectivity index (χ0v) is 15.8. The van der Waals surface area contributed by atoms with Gasteiger partial charge in [0, 0.05) is 42.9 Å². The van der Waals surface area contributed by atoms with Crippen LogP contribution in [-0.4, -0.2) is 46.4 Å². The van der Waals surface area contributed by atoms with Crippen LogP contribution in [0.15, 0.2) is 30.3 Å². The Morgan fingerprint density at radius 3 is 2.69 bits per heavy atom. The van der Waals surface area contributed by atoms with E-state index in [2.05, 4.69) is 34.3 Å². The van der Waals surface area contributed by atoms with Crippen LogP contribution in [0.1, 0.15) is 35.4 Å². The molecule has 6 heteroatoms. The molecule has 1 saturated heterocycles. The molecule has 1 aliphatic heterocycles. The summed E-state index contributed by atoms with van der Waals surface area (Å²) in [6, 6.07) is 10.6. The topological polar surface area (TPSA) is 73.4 Å². The van der Waals surface area contributed by atoms with Crippen molar-refractivity contribution < 1.29 is 9.53 Å². The van der Waals surface area contributed by atoms with E-state index < -0.39 is 0 Å². The maximum Gasteiger partial charge on any atom is 0.327 e. The number of hydrogen-bond acceptors (Lipinski definition) is 5. The van der Waals surface area contributed by atoms with E-state index in [0.717, 1.165) is 31.0 Å². The molecule has 0 saturated carbocycles. The summed E-state index contributed by atoms with van der Waals surface area (Å²) in [5.74, 6) is 0.100. The molecule has 2 aromatic rings. The lowest BCUT2D eigenvalue weighted by Crippen LogP contribution is -2.28. The predicted octanol–water partition coefficient (Wildman–Crippen LogP) is 1.99. The average molecular weight is 356 g/mol. The number of benzene rings is 1. The van der Waals surface area contributed by atoms with Crippen molar-refractivity contribution >= 4 is 5.97 Å². The number of likely N-dealkylation sites (tertiary alicyclic amines) is 1. The zero-order chi connectivity index (χ0) is 18.7. The number of carbonyl (C=O) groups excluding carboxylic acids is 1. The van der Waals surface area contributed by atoms with Crippen LogP contribution in [0.4, 0.5) is 0 Å². The Bertz CT molecular complexity index is 757. The molecule has 26 heavy (non-hydrogen) atoms. The molecule has 2 atom stereocenters. The van der Waals surface area contributed by atoms with Crippen LogP contribution in [-0.2, 0) is 22.6 Å². The Hall–Kier alpha value is -2.18. The lowest BCUT2D eigenvalue weighted by Gasteiger charge is -2.16. The first-order chi connectivity index (χ1) is 12.5. The number of hydrogen-bond donors (Lipinski definition) is 1. The molecule has 0 amide bonds. The van der Waals surface area contributed by atoms with E-state index in [1.807, 2.05) is 26.8 Å². The van der Waals surface area contributed by atoms with Gasteiger partial charge in [-0.25, -0.2) is 0 Å². The van der Waals surface area contributed by atoms with Gasteiger partial charge in [0.2, 0.25) is 0 Å². The molecular weight excluding hydrogens is 328 g/mol. The Morgan fingerprint density at radius 2 is 2.00 bits per heavy atom. The number of carbonyl (C=O) groups is 1. The van der Waals surface area contributed by atoms with E-state index in [1.54, 1.807) is 4.68 Å². The van der Waals surface area contributed by atoms with Gasteiger partial charge in [0.15, 0.2) is 0 Å². The van der Waals surface area contributed by atoms with Crippen LogP contribution in [0, 0.1) is 13.8 Å². The van der Waals surface area contributed by atoms with Crippen molar-refractivity contribution in [3.8, 4) is 0 Å². The van der Waals surface area contributed by atoms with Crippen LogP contribution >= 0.6 is 0 Å². The summed E-state index contributed by atoms with van der Waals surface area (Å²) < 4.78 is 6.78. The number of rotatable bonds is 6. The summed E-state index contributed by atoms with van der Waals surface area (Å²) in [6.07, 6.45) is 0. The molecule has 6 nitrogen and oxygen atoms in total. The molecule has 1 fully saturated rings. The van der Waals surface area contributed by atoms with E-state index in [9.17, 15) is 4.79 Å². The minimum Gasteiger partial charge on any atom is -0.465 e. The largest absolute Gasteiger partial charge is 0.465 e. The van der Waals surface area contributed by atoms with Gasteiger partial charge in [-0.1, -0.05) is 30.3 Å². The highest BCUT2D eigenvalue weighted by Gasteiger charge is 2.32. The van der Waals surface area contributed by atoms with Gasteiger partial charge < -0.3 is 10.5 Å². The monoisotopic (exact) mass is 356 g/mol. The van der Waals surface area contributed by atoms with E-state index in [4.69, 9.17) is 10.5 Å². The molecule has 0 aliphatic carbocycles. The van der Waals surface area contributed by atoms with Crippen molar-refractivity contribution in [1.29, 1.82) is 0 Å². The lowest BCUT2D eigenvalue weighted by atomic mass is 9.95. The first-order valence-electron chi connectivity index (χ1n) is 9.21. The highest BCUT2D eigenvalue weighted by molar-refractivity contribution is 5.69. The van der Waals surface area contributed by atoms with Gasteiger partial charge in [-0.3, -0.25) is 14.4 Å². The fourth-order valence-corrected chi connectivity index (χ4v) is 3.76. The van der Waals surface area contributed by atoms with Crippen molar-refractivity contribution in [2.75, 3.05) is 19.7 Å². The van der Waals surface area contributed by atoms with E-state index in [1.165, 1.54) is 11.1 Å². The van der Waals surface area contributed by atoms with E-state index in [-0.39, 0.29) is 18.6 Å². The van der Waals surface area contributed by atoms with Gasteiger partial charge in [-0.15, -0.1) is 0 Å². The SMILES string of the molecule is CCOC(=O)Cn1nc(C)c(CN2C[C@@H](N)[C@H](c3ccccc3)C2)c1C. The maximum atomic E-state index is 11.8. The Morgan fingerprint density at radius 1 is 1.27 bits per heavy atom. The molecule has 0 spiro atoms. The highest BCUT2D eigenvalue weighted by atomic mass is 16.5. The van der Waals surface area contributed by atoms with Gasteiger partial charge in [0.05, 0.1) is 12.3 Å². The Labute approximate surface area is 154 Å². The second-order valence-electron chi connectivity index (χ2n) is 6.99. The van der Waals surface area contributed by atoms with Gasteiger partial charge in [-0.2, -0.15) is 5.10 Å². The summed E-state index contributed by atoms with van der Waals surface area (Å²) in [7, 11) is 0. The van der Waals surface area contributed by atoms with Crippen LogP contribution in [0.5, 0.6) is 0 Å². The number of aryl methyl sites for hydroxylation is 1. The molecule has 3 rings (SSSR count). The molecule has 2 heterocycles. The molecule has 140 valence electrons. The van der Waals surface area contributed by atoms with Crippen LogP contribution in [0.2, 0.25) is 0 Å². The maximum absolute atomic E-state index is 11.8. The van der Waals surface area contributed by atoms with Crippen LogP contribution in [0.25, 0.3) is 0 Å². The summed E-state index contributed by atoms with van der Waals surface area (Å²) in [5, 5.41) is 4.53. The standard InChI is InChI=1S/C20H28N4O2/c1-4-26-20(25)13-24-15(3)17(14(2)22-24)10-23-11-18(19(21)12-23)16-8-6-5-7-9-16/h5-9,18-19H,4,10-13,21H2,1-3H3/t18-,19+/m0/s1. The van der Waals surface area contributed by atoms with Crippen molar-refractivity contribution in [1.82, 2.24) is 14.7 Å². The van der Waals surface area contributed by atoms with Crippen molar-refractivity contribution in [3.63, 3.8) is 0 Å². The van der Waals surface area contributed by atoms with Gasteiger partial charge >= 0.3 is 5.97 Å². The lowest BCUT2D eigenvalue weighted by molar-refractivity contribution is -0.144. The smallest absolute Gasteiger partial charge is 0.327 e. The third-order valence-corrected chi connectivity index (χ3v) is 5.17.